The molecular formula is C12H10ClN3S2. The number of hydrogen-bond donors (Lipinski definition) is 1. The van der Waals surface area contributed by atoms with Gasteiger partial charge in [-0.1, -0.05) is 17.7 Å². The summed E-state index contributed by atoms with van der Waals surface area (Å²) < 4.78 is 2.72. The summed E-state index contributed by atoms with van der Waals surface area (Å²) in [5.41, 5.74) is 1.89. The first-order chi connectivity index (χ1) is 8.68. The number of halogens is 1. The van der Waals surface area contributed by atoms with Crippen molar-refractivity contribution < 1.29 is 0 Å². The van der Waals surface area contributed by atoms with E-state index >= 15 is 0 Å². The Hall–Kier alpha value is -1.17. The van der Waals surface area contributed by atoms with Crippen LogP contribution in [-0.2, 0) is 0 Å². The van der Waals surface area contributed by atoms with E-state index in [-0.39, 0.29) is 6.04 Å². The number of thiazole rings is 1. The van der Waals surface area contributed by atoms with E-state index in [0.29, 0.717) is 9.79 Å². The van der Waals surface area contributed by atoms with Gasteiger partial charge in [-0.15, -0.1) is 11.3 Å². The molecule has 0 radical (unpaired) electrons. The molecule has 1 aromatic carbocycles. The smallest absolute Gasteiger partial charge is 0.178 e. The lowest BCUT2D eigenvalue weighted by Crippen LogP contribution is -2.06. The normalized spacial score (nSPS) is 13.0. The van der Waals surface area contributed by atoms with Crippen LogP contribution in [-0.4, -0.2) is 14.5 Å². The van der Waals surface area contributed by atoms with Gasteiger partial charge in [0.1, 0.15) is 5.01 Å². The van der Waals surface area contributed by atoms with E-state index in [2.05, 4.69) is 21.5 Å². The van der Waals surface area contributed by atoms with E-state index in [9.17, 15) is 0 Å². The van der Waals surface area contributed by atoms with Crippen LogP contribution in [0.5, 0.6) is 0 Å². The molecule has 0 amide bonds. The van der Waals surface area contributed by atoms with Crippen LogP contribution in [0.4, 0.5) is 0 Å². The summed E-state index contributed by atoms with van der Waals surface area (Å²) in [6, 6.07) is 5.90. The molecule has 2 aromatic heterocycles. The molecule has 0 saturated heterocycles. The van der Waals surface area contributed by atoms with Gasteiger partial charge in [-0.2, -0.15) is 0 Å². The highest BCUT2D eigenvalue weighted by Gasteiger charge is 2.15. The number of imidazole rings is 1. The number of aromatic nitrogens is 3. The minimum atomic E-state index is 0.102. The fourth-order valence-corrected chi connectivity index (χ4v) is 3.31. The van der Waals surface area contributed by atoms with Gasteiger partial charge in [0.2, 0.25) is 0 Å². The zero-order valence-corrected chi connectivity index (χ0v) is 11.9. The van der Waals surface area contributed by atoms with Crippen LogP contribution in [0.25, 0.3) is 11.0 Å². The van der Waals surface area contributed by atoms with Crippen molar-refractivity contribution in [3.8, 4) is 0 Å². The summed E-state index contributed by atoms with van der Waals surface area (Å²) in [4.78, 5) is 7.51. The van der Waals surface area contributed by atoms with Crippen LogP contribution in [0.2, 0.25) is 5.02 Å². The number of benzene rings is 1. The largest absolute Gasteiger partial charge is 0.329 e. The summed E-state index contributed by atoms with van der Waals surface area (Å²) in [6.45, 7) is 2.09. The maximum atomic E-state index is 6.17. The topological polar surface area (TPSA) is 33.6 Å². The van der Waals surface area contributed by atoms with Gasteiger partial charge in [-0.05, 0) is 31.3 Å². The Kier molecular flexibility index (Phi) is 2.97. The lowest BCUT2D eigenvalue weighted by Gasteiger charge is -2.11. The molecular weight excluding hydrogens is 286 g/mol. The molecule has 3 rings (SSSR count). The standard InChI is InChI=1S/C12H10ClN3S2/c1-7(11-14-5-6-18-11)16-9-4-2-3-8(13)10(9)15-12(16)17/h2-7H,1H3,(H,15,17). The zero-order chi connectivity index (χ0) is 12.7. The first kappa shape index (κ1) is 11.9. The third-order valence-electron chi connectivity index (χ3n) is 2.90. The summed E-state index contributed by atoms with van der Waals surface area (Å²) in [7, 11) is 0. The summed E-state index contributed by atoms with van der Waals surface area (Å²) in [5, 5.41) is 3.69. The van der Waals surface area contributed by atoms with E-state index in [1.807, 2.05) is 29.8 Å². The van der Waals surface area contributed by atoms with Gasteiger partial charge in [0.25, 0.3) is 0 Å². The molecule has 1 unspecified atom stereocenters. The lowest BCUT2D eigenvalue weighted by molar-refractivity contribution is 0.645. The number of para-hydroxylation sites is 1. The van der Waals surface area contributed by atoms with E-state index in [0.717, 1.165) is 16.0 Å². The van der Waals surface area contributed by atoms with Crippen molar-refractivity contribution in [2.24, 2.45) is 0 Å². The van der Waals surface area contributed by atoms with Crippen molar-refractivity contribution in [1.29, 1.82) is 0 Å². The highest BCUT2D eigenvalue weighted by Crippen LogP contribution is 2.28. The van der Waals surface area contributed by atoms with Crippen LogP contribution < -0.4 is 0 Å². The summed E-state index contributed by atoms with van der Waals surface area (Å²) >= 11 is 13.2. The number of rotatable bonds is 2. The maximum absolute atomic E-state index is 6.17. The van der Waals surface area contributed by atoms with Crippen molar-refractivity contribution >= 4 is 46.2 Å². The molecule has 3 nitrogen and oxygen atoms in total. The minimum absolute atomic E-state index is 0.102. The summed E-state index contributed by atoms with van der Waals surface area (Å²) in [5.74, 6) is 0. The van der Waals surface area contributed by atoms with Gasteiger partial charge >= 0.3 is 0 Å². The fourth-order valence-electron chi connectivity index (χ4n) is 2.05. The molecule has 0 aliphatic carbocycles. The Labute approximate surface area is 118 Å². The molecule has 2 heterocycles. The van der Waals surface area contributed by atoms with Gasteiger partial charge in [-0.3, -0.25) is 0 Å². The molecule has 1 N–H and O–H groups in total. The van der Waals surface area contributed by atoms with Crippen molar-refractivity contribution in [3.05, 3.63) is 44.6 Å². The van der Waals surface area contributed by atoms with E-state index < -0.39 is 0 Å². The van der Waals surface area contributed by atoms with E-state index in [1.165, 1.54) is 0 Å². The molecule has 0 fully saturated rings. The van der Waals surface area contributed by atoms with Crippen LogP contribution in [0, 0.1) is 4.77 Å². The second-order valence-corrected chi connectivity index (χ2v) is 5.70. The first-order valence-electron chi connectivity index (χ1n) is 5.46. The molecule has 0 aliphatic rings. The second-order valence-electron chi connectivity index (χ2n) is 3.98. The van der Waals surface area contributed by atoms with Crippen LogP contribution in [0.1, 0.15) is 18.0 Å². The predicted molar refractivity (Wildman–Crippen MR) is 78.1 cm³/mol. The minimum Gasteiger partial charge on any atom is -0.329 e. The number of H-pyrrole nitrogens is 1. The van der Waals surface area contributed by atoms with Crippen LogP contribution >= 0.6 is 35.2 Å². The molecule has 0 bridgehead atoms. The molecule has 92 valence electrons. The summed E-state index contributed by atoms with van der Waals surface area (Å²) in [6.07, 6.45) is 1.81. The molecule has 3 aromatic rings. The molecule has 18 heavy (non-hydrogen) atoms. The van der Waals surface area contributed by atoms with Crippen molar-refractivity contribution in [2.45, 2.75) is 13.0 Å². The van der Waals surface area contributed by atoms with Crippen molar-refractivity contribution in [1.82, 2.24) is 14.5 Å². The quantitative estimate of drug-likeness (QED) is 0.710. The molecule has 0 saturated carbocycles. The third kappa shape index (κ3) is 1.79. The van der Waals surface area contributed by atoms with Crippen molar-refractivity contribution in [3.63, 3.8) is 0 Å². The highest BCUT2D eigenvalue weighted by atomic mass is 35.5. The predicted octanol–water partition coefficient (Wildman–Crippen LogP) is 4.42. The lowest BCUT2D eigenvalue weighted by atomic mass is 10.3. The monoisotopic (exact) mass is 295 g/mol. The van der Waals surface area contributed by atoms with Gasteiger partial charge in [0.05, 0.1) is 22.1 Å². The van der Waals surface area contributed by atoms with Crippen LogP contribution in [0.3, 0.4) is 0 Å². The fraction of sp³-hybridized carbons (Fsp3) is 0.167. The van der Waals surface area contributed by atoms with E-state index in [1.54, 1.807) is 11.3 Å². The SMILES string of the molecule is CC(c1nccs1)n1c(=S)[nH]c2c(Cl)cccc21. The number of nitrogens with one attached hydrogen (secondary N) is 1. The first-order valence-corrected chi connectivity index (χ1v) is 7.13. The second kappa shape index (κ2) is 4.50. The average molecular weight is 296 g/mol. The molecule has 0 aliphatic heterocycles. The zero-order valence-electron chi connectivity index (χ0n) is 9.55. The molecule has 6 heteroatoms. The number of nitrogens with zero attached hydrogens (tertiary/aromatic N) is 2. The molecule has 1 atom stereocenters. The van der Waals surface area contributed by atoms with Gasteiger partial charge in [0.15, 0.2) is 4.77 Å². The van der Waals surface area contributed by atoms with E-state index in [4.69, 9.17) is 23.8 Å². The van der Waals surface area contributed by atoms with Crippen LogP contribution in [0.15, 0.2) is 29.8 Å². The Morgan fingerprint density at radius 2 is 2.33 bits per heavy atom. The number of aromatic amines is 1. The Morgan fingerprint density at radius 1 is 1.50 bits per heavy atom. The average Bonchev–Trinajstić information content (AvgIpc) is 2.96. The maximum Gasteiger partial charge on any atom is 0.178 e. The third-order valence-corrected chi connectivity index (χ3v) is 4.46. The Morgan fingerprint density at radius 3 is 3.06 bits per heavy atom. The van der Waals surface area contributed by atoms with Gasteiger partial charge in [0, 0.05) is 11.6 Å². The number of hydrogen-bond acceptors (Lipinski definition) is 3. The Balaban J connectivity index is 2.26. The Bertz CT molecular complexity index is 742. The van der Waals surface area contributed by atoms with Crippen molar-refractivity contribution in [2.75, 3.05) is 0 Å². The highest BCUT2D eigenvalue weighted by molar-refractivity contribution is 7.71. The molecule has 0 spiro atoms. The number of fused-ring (bicyclic) bond motifs is 1. The van der Waals surface area contributed by atoms with Gasteiger partial charge < -0.3 is 9.55 Å². The van der Waals surface area contributed by atoms with Gasteiger partial charge in [-0.25, -0.2) is 4.98 Å².